The van der Waals surface area contributed by atoms with Gasteiger partial charge in [-0.25, -0.2) is 0 Å². The molecule has 0 fully saturated rings. The van der Waals surface area contributed by atoms with Gasteiger partial charge in [-0.2, -0.15) is 5.10 Å². The van der Waals surface area contributed by atoms with Crippen LogP contribution in [0.1, 0.15) is 10.4 Å². The van der Waals surface area contributed by atoms with E-state index in [2.05, 4.69) is 10.5 Å². The third kappa shape index (κ3) is 2.95. The van der Waals surface area contributed by atoms with Crippen LogP contribution in [0.2, 0.25) is 0 Å². The summed E-state index contributed by atoms with van der Waals surface area (Å²) in [5.41, 5.74) is 3.75. The maximum Gasteiger partial charge on any atom is 0.209 e. The fraction of sp³-hybridized carbons (Fsp3) is 0. The number of phenolic OH excluding ortho intramolecular Hbond substituents is 1. The van der Waals surface area contributed by atoms with E-state index in [4.69, 9.17) is 0 Å². The molecule has 0 heterocycles. The van der Waals surface area contributed by atoms with Crippen molar-refractivity contribution in [2.75, 3.05) is 5.43 Å². The lowest BCUT2D eigenvalue weighted by Crippen LogP contribution is -2.02. The molecule has 0 aliphatic carbocycles. The zero-order chi connectivity index (χ0) is 12.8. The van der Waals surface area contributed by atoms with Crippen LogP contribution in [0.4, 0.5) is 5.69 Å². The number of rotatable bonds is 4. The third-order valence-corrected chi connectivity index (χ3v) is 2.32. The van der Waals surface area contributed by atoms with Crippen LogP contribution >= 0.6 is 0 Å². The van der Waals surface area contributed by atoms with E-state index in [1.807, 2.05) is 30.3 Å². The van der Waals surface area contributed by atoms with Crippen LogP contribution in [0.15, 0.2) is 59.7 Å². The van der Waals surface area contributed by atoms with E-state index in [9.17, 15) is 9.90 Å². The van der Waals surface area contributed by atoms with Gasteiger partial charge in [0.15, 0.2) is 0 Å². The predicted octanol–water partition coefficient (Wildman–Crippen LogP) is 2.67. The molecule has 0 radical (unpaired) electrons. The first-order valence-corrected chi connectivity index (χ1v) is 5.44. The molecule has 2 aromatic rings. The average Bonchev–Trinajstić information content (AvgIpc) is 2.40. The summed E-state index contributed by atoms with van der Waals surface area (Å²) < 4.78 is 0. The van der Waals surface area contributed by atoms with E-state index in [0.717, 1.165) is 11.9 Å². The van der Waals surface area contributed by atoms with E-state index in [0.29, 0.717) is 0 Å². The number of nitrogens with one attached hydrogen (secondary N) is 1. The smallest absolute Gasteiger partial charge is 0.209 e. The summed E-state index contributed by atoms with van der Waals surface area (Å²) in [6.45, 7) is 0. The van der Waals surface area contributed by atoms with Crippen molar-refractivity contribution in [3.05, 3.63) is 60.2 Å². The summed E-state index contributed by atoms with van der Waals surface area (Å²) in [7, 11) is 0. The molecule has 0 bridgehead atoms. The molecule has 2 rings (SSSR count). The van der Waals surface area contributed by atoms with Crippen LogP contribution < -0.4 is 5.43 Å². The summed E-state index contributed by atoms with van der Waals surface area (Å²) in [4.78, 5) is 11.7. The van der Waals surface area contributed by atoms with E-state index in [1.54, 1.807) is 18.2 Å². The van der Waals surface area contributed by atoms with Crippen molar-refractivity contribution in [3.8, 4) is 5.75 Å². The van der Waals surface area contributed by atoms with Gasteiger partial charge in [0, 0.05) is 0 Å². The number of nitrogens with zero attached hydrogens (tertiary/aromatic N) is 1. The number of Topliss-reactive ketones (excluding diaryl/α,β-unsaturated/α-hetero) is 1. The van der Waals surface area contributed by atoms with E-state index in [-0.39, 0.29) is 17.1 Å². The van der Waals surface area contributed by atoms with Crippen LogP contribution in [0, 0.1) is 0 Å². The zero-order valence-electron chi connectivity index (χ0n) is 9.58. The fourth-order valence-electron chi connectivity index (χ4n) is 1.43. The van der Waals surface area contributed by atoms with Gasteiger partial charge in [0.05, 0.1) is 17.5 Å². The van der Waals surface area contributed by atoms with Gasteiger partial charge in [-0.05, 0) is 24.3 Å². The highest BCUT2D eigenvalue weighted by Gasteiger charge is 2.06. The molecule has 2 aromatic carbocycles. The molecular weight excluding hydrogens is 228 g/mol. The molecule has 0 amide bonds. The van der Waals surface area contributed by atoms with Crippen LogP contribution in [0.3, 0.4) is 0 Å². The van der Waals surface area contributed by atoms with Crippen molar-refractivity contribution in [1.82, 2.24) is 0 Å². The van der Waals surface area contributed by atoms with Gasteiger partial charge in [0.2, 0.25) is 5.78 Å². The second-order valence-electron chi connectivity index (χ2n) is 3.62. The first-order chi connectivity index (χ1) is 8.77. The van der Waals surface area contributed by atoms with Crippen molar-refractivity contribution in [3.63, 3.8) is 0 Å². The number of hydrogen-bond donors (Lipinski definition) is 2. The maximum absolute atomic E-state index is 11.7. The third-order valence-electron chi connectivity index (χ3n) is 2.32. The van der Waals surface area contributed by atoms with E-state index in [1.165, 1.54) is 6.07 Å². The predicted molar refractivity (Wildman–Crippen MR) is 71.0 cm³/mol. The molecule has 0 aliphatic rings. The average molecular weight is 240 g/mol. The Labute approximate surface area is 105 Å². The van der Waals surface area contributed by atoms with E-state index < -0.39 is 0 Å². The number of para-hydroxylation sites is 2. The van der Waals surface area contributed by atoms with Gasteiger partial charge in [0.25, 0.3) is 0 Å². The number of anilines is 1. The van der Waals surface area contributed by atoms with Crippen molar-refractivity contribution in [2.45, 2.75) is 0 Å². The first kappa shape index (κ1) is 11.9. The van der Waals surface area contributed by atoms with Gasteiger partial charge in [-0.15, -0.1) is 0 Å². The van der Waals surface area contributed by atoms with Crippen LogP contribution in [-0.4, -0.2) is 17.1 Å². The molecule has 4 heteroatoms. The van der Waals surface area contributed by atoms with Crippen LogP contribution in [0.25, 0.3) is 0 Å². The molecule has 0 atom stereocenters. The molecule has 90 valence electrons. The molecule has 18 heavy (non-hydrogen) atoms. The Balaban J connectivity index is 2.02. The highest BCUT2D eigenvalue weighted by atomic mass is 16.3. The Morgan fingerprint density at radius 1 is 1.06 bits per heavy atom. The zero-order valence-corrected chi connectivity index (χ0v) is 9.58. The maximum atomic E-state index is 11.7. The number of aromatic hydroxyl groups is 1. The van der Waals surface area contributed by atoms with Gasteiger partial charge in [-0.3, -0.25) is 10.2 Å². The molecular formula is C14H12N2O2. The highest BCUT2D eigenvalue weighted by Crippen LogP contribution is 2.15. The van der Waals surface area contributed by atoms with Gasteiger partial charge in [0.1, 0.15) is 5.75 Å². The lowest BCUT2D eigenvalue weighted by molar-refractivity contribution is 0.106. The fourth-order valence-corrected chi connectivity index (χ4v) is 1.43. The molecule has 0 aromatic heterocycles. The number of carbonyl (C=O) groups excluding carboxylic acids is 1. The number of ketones is 1. The Kier molecular flexibility index (Phi) is 3.71. The minimum Gasteiger partial charge on any atom is -0.507 e. The lowest BCUT2D eigenvalue weighted by Gasteiger charge is -2.00. The largest absolute Gasteiger partial charge is 0.507 e. The Bertz CT molecular complexity index is 565. The Morgan fingerprint density at radius 3 is 2.44 bits per heavy atom. The molecule has 4 nitrogen and oxygen atoms in total. The quantitative estimate of drug-likeness (QED) is 0.490. The van der Waals surface area contributed by atoms with Crippen molar-refractivity contribution in [2.24, 2.45) is 5.10 Å². The summed E-state index contributed by atoms with van der Waals surface area (Å²) in [5.74, 6) is -0.398. The second kappa shape index (κ2) is 5.63. The molecule has 0 unspecified atom stereocenters. The minimum atomic E-state index is -0.350. The number of hydrazone groups is 1. The number of phenols is 1. The molecule has 0 saturated heterocycles. The van der Waals surface area contributed by atoms with Crippen LogP contribution in [0.5, 0.6) is 5.75 Å². The monoisotopic (exact) mass is 240 g/mol. The summed E-state index contributed by atoms with van der Waals surface area (Å²) in [6, 6.07) is 15.6. The Morgan fingerprint density at radius 2 is 1.72 bits per heavy atom. The lowest BCUT2D eigenvalue weighted by atomic mass is 10.1. The van der Waals surface area contributed by atoms with Crippen molar-refractivity contribution in [1.29, 1.82) is 0 Å². The highest BCUT2D eigenvalue weighted by molar-refractivity contribution is 6.36. The number of hydrogen-bond acceptors (Lipinski definition) is 4. The van der Waals surface area contributed by atoms with Crippen molar-refractivity contribution >= 4 is 17.7 Å². The standard InChI is InChI=1S/C14H12N2O2/c17-13-9-5-4-8-12(13)14(18)10-15-16-11-6-2-1-3-7-11/h1-10,16-17H/b15-10+. The molecule has 0 saturated carbocycles. The SMILES string of the molecule is O=C(/C=N/Nc1ccccc1)c1ccccc1O. The first-order valence-electron chi connectivity index (χ1n) is 5.44. The van der Waals surface area contributed by atoms with Crippen LogP contribution in [-0.2, 0) is 0 Å². The summed E-state index contributed by atoms with van der Waals surface area (Å²) >= 11 is 0. The van der Waals surface area contributed by atoms with Crippen molar-refractivity contribution < 1.29 is 9.90 Å². The molecule has 2 N–H and O–H groups in total. The normalized spacial score (nSPS) is 10.4. The summed E-state index contributed by atoms with van der Waals surface area (Å²) in [6.07, 6.45) is 1.14. The topological polar surface area (TPSA) is 61.7 Å². The number of carbonyl (C=O) groups is 1. The molecule has 0 aliphatic heterocycles. The summed E-state index contributed by atoms with van der Waals surface area (Å²) in [5, 5.41) is 13.3. The van der Waals surface area contributed by atoms with Gasteiger partial charge >= 0.3 is 0 Å². The number of benzene rings is 2. The molecule has 0 spiro atoms. The Hall–Kier alpha value is -2.62. The van der Waals surface area contributed by atoms with E-state index >= 15 is 0 Å². The minimum absolute atomic E-state index is 0.0475. The second-order valence-corrected chi connectivity index (χ2v) is 3.62. The van der Waals surface area contributed by atoms with Gasteiger partial charge < -0.3 is 5.11 Å². The van der Waals surface area contributed by atoms with Gasteiger partial charge in [-0.1, -0.05) is 30.3 Å².